The predicted molar refractivity (Wildman–Crippen MR) is 139 cm³/mol. The number of thiocarbonyl (C=S) groups is 1. The fourth-order valence-corrected chi connectivity index (χ4v) is 5.22. The van der Waals surface area contributed by atoms with Crippen molar-refractivity contribution in [1.82, 2.24) is 14.9 Å². The molecule has 4 aromatic rings. The molecule has 0 spiro atoms. The lowest BCUT2D eigenvalue weighted by Gasteiger charge is -2.29. The minimum absolute atomic E-state index is 0.258. The first-order valence-corrected chi connectivity index (χ1v) is 13.1. The summed E-state index contributed by atoms with van der Waals surface area (Å²) in [6.45, 7) is 0. The van der Waals surface area contributed by atoms with Crippen LogP contribution in [0, 0.1) is 5.82 Å². The second-order valence-corrected chi connectivity index (χ2v) is 10.3. The van der Waals surface area contributed by atoms with Crippen LogP contribution in [0.3, 0.4) is 0 Å². The van der Waals surface area contributed by atoms with E-state index in [0.29, 0.717) is 10.8 Å². The van der Waals surface area contributed by atoms with E-state index in [1.54, 1.807) is 30.5 Å². The molecule has 2 unspecified atom stereocenters. The fraction of sp³-hybridized carbons (Fsp3) is 0.120. The van der Waals surface area contributed by atoms with E-state index in [0.717, 1.165) is 29.0 Å². The van der Waals surface area contributed by atoms with Crippen molar-refractivity contribution < 1.29 is 12.8 Å². The third-order valence-electron chi connectivity index (χ3n) is 5.73. The second-order valence-electron chi connectivity index (χ2n) is 8.20. The lowest BCUT2D eigenvalue weighted by molar-refractivity contribution is 0.549. The Labute approximate surface area is 208 Å². The molecule has 10 heteroatoms. The maximum absolute atomic E-state index is 13.6. The van der Waals surface area contributed by atoms with Gasteiger partial charge in [0.25, 0.3) is 0 Å². The van der Waals surface area contributed by atoms with Gasteiger partial charge in [-0.05, 0) is 85.0 Å². The number of aromatic nitrogens is 2. The molecule has 7 nitrogen and oxygen atoms in total. The summed E-state index contributed by atoms with van der Waals surface area (Å²) in [7, 11) is -3.39. The van der Waals surface area contributed by atoms with Crippen LogP contribution in [0.4, 0.5) is 15.8 Å². The number of nitrogens with zero attached hydrogens (tertiary/aromatic N) is 3. The zero-order chi connectivity index (χ0) is 24.6. The first-order valence-electron chi connectivity index (χ1n) is 10.8. The normalized spacial score (nSPS) is 17.9. The minimum atomic E-state index is -3.39. The number of benzene rings is 2. The van der Waals surface area contributed by atoms with Crippen LogP contribution in [0.2, 0.25) is 0 Å². The molecule has 1 saturated heterocycles. The van der Waals surface area contributed by atoms with Gasteiger partial charge in [-0.2, -0.15) is 0 Å². The molecule has 2 aromatic heterocycles. The molecule has 2 atom stereocenters. The topological polar surface area (TPSA) is 79.3 Å². The number of rotatable bonds is 6. The zero-order valence-corrected chi connectivity index (χ0v) is 20.3. The van der Waals surface area contributed by atoms with Crippen molar-refractivity contribution in [2.75, 3.05) is 15.9 Å². The molecule has 3 heterocycles. The summed E-state index contributed by atoms with van der Waals surface area (Å²) in [6.07, 6.45) is 4.78. The molecule has 1 aliphatic rings. The molecule has 2 N–H and O–H groups in total. The summed E-state index contributed by atoms with van der Waals surface area (Å²) in [5.74, 6) is -0.304. The Morgan fingerprint density at radius 2 is 1.69 bits per heavy atom. The van der Waals surface area contributed by atoms with Crippen LogP contribution in [0.5, 0.6) is 0 Å². The van der Waals surface area contributed by atoms with Crippen LogP contribution < -0.4 is 14.9 Å². The van der Waals surface area contributed by atoms with E-state index in [4.69, 9.17) is 12.2 Å². The van der Waals surface area contributed by atoms with Crippen LogP contribution in [0.25, 0.3) is 5.69 Å². The highest BCUT2D eigenvalue weighted by Crippen LogP contribution is 2.42. The van der Waals surface area contributed by atoms with Gasteiger partial charge in [-0.1, -0.05) is 6.07 Å². The number of sulfonamides is 1. The lowest BCUT2D eigenvalue weighted by Crippen LogP contribution is -2.30. The summed E-state index contributed by atoms with van der Waals surface area (Å²) in [6, 6.07) is 22.5. The van der Waals surface area contributed by atoms with E-state index in [9.17, 15) is 12.8 Å². The van der Waals surface area contributed by atoms with E-state index in [2.05, 4.69) is 15.0 Å². The summed E-state index contributed by atoms with van der Waals surface area (Å²) < 4.78 is 41.3. The quantitative estimate of drug-likeness (QED) is 0.373. The number of hydrogen-bond donors (Lipinski definition) is 2. The Bertz CT molecular complexity index is 1460. The third-order valence-corrected chi connectivity index (χ3v) is 6.66. The van der Waals surface area contributed by atoms with E-state index in [1.165, 1.54) is 12.1 Å². The summed E-state index contributed by atoms with van der Waals surface area (Å²) in [4.78, 5) is 6.56. The van der Waals surface area contributed by atoms with Crippen molar-refractivity contribution in [1.29, 1.82) is 0 Å². The number of anilines is 2. The van der Waals surface area contributed by atoms with Gasteiger partial charge in [0.2, 0.25) is 10.0 Å². The van der Waals surface area contributed by atoms with Gasteiger partial charge in [-0.3, -0.25) is 9.71 Å². The van der Waals surface area contributed by atoms with Gasteiger partial charge in [0.15, 0.2) is 5.11 Å². The molecule has 0 aliphatic carbocycles. The monoisotopic (exact) mass is 507 g/mol. The Morgan fingerprint density at radius 1 is 0.971 bits per heavy atom. The average Bonchev–Trinajstić information content (AvgIpc) is 3.44. The van der Waals surface area contributed by atoms with Crippen molar-refractivity contribution in [3.05, 3.63) is 108 Å². The molecule has 0 bridgehead atoms. The van der Waals surface area contributed by atoms with Crippen LogP contribution in [-0.2, 0) is 10.0 Å². The number of halogens is 1. The largest absolute Gasteiger partial charge is 0.351 e. The Morgan fingerprint density at radius 3 is 2.34 bits per heavy atom. The van der Waals surface area contributed by atoms with Gasteiger partial charge in [-0.25, -0.2) is 12.8 Å². The molecule has 0 saturated carbocycles. The number of nitrogens with one attached hydrogen (secondary N) is 2. The first kappa shape index (κ1) is 23.0. The Balaban J connectivity index is 1.60. The molecule has 1 aliphatic heterocycles. The smallest absolute Gasteiger partial charge is 0.229 e. The zero-order valence-electron chi connectivity index (χ0n) is 18.7. The molecule has 2 aromatic carbocycles. The van der Waals surface area contributed by atoms with Gasteiger partial charge < -0.3 is 14.8 Å². The molecule has 0 amide bonds. The van der Waals surface area contributed by atoms with Crippen molar-refractivity contribution >= 4 is 38.7 Å². The summed E-state index contributed by atoms with van der Waals surface area (Å²) in [5, 5.41) is 3.92. The van der Waals surface area contributed by atoms with E-state index < -0.39 is 10.0 Å². The maximum Gasteiger partial charge on any atom is 0.229 e. The van der Waals surface area contributed by atoms with E-state index >= 15 is 0 Å². The highest BCUT2D eigenvalue weighted by atomic mass is 32.2. The lowest BCUT2D eigenvalue weighted by atomic mass is 10.0. The molecular formula is C25H22FN5O2S2. The van der Waals surface area contributed by atoms with Gasteiger partial charge in [0.05, 0.1) is 18.0 Å². The molecule has 178 valence electrons. The summed E-state index contributed by atoms with van der Waals surface area (Å²) >= 11 is 5.76. The highest BCUT2D eigenvalue weighted by Gasteiger charge is 2.42. The SMILES string of the molecule is CS(=O)(=O)Nc1ccc(N2C(=S)NC(c3ccccn3)C2c2cccn2-c2ccc(F)cc2)cc1. The minimum Gasteiger partial charge on any atom is -0.351 e. The second kappa shape index (κ2) is 9.12. The maximum atomic E-state index is 13.6. The van der Waals surface area contributed by atoms with Gasteiger partial charge in [-0.15, -0.1) is 0 Å². The van der Waals surface area contributed by atoms with Gasteiger partial charge in [0, 0.05) is 35.1 Å². The molecule has 0 radical (unpaired) electrons. The third kappa shape index (κ3) is 4.75. The standard InChI is InChI=1S/C25H22FN5O2S2/c1-35(32,33)29-18-9-13-20(14-10-18)31-24(23(28-25(31)34)21-5-2-3-15-27-21)22-6-4-16-30(22)19-11-7-17(26)8-12-19/h2-16,23-24,29H,1H3,(H,28,34). The van der Waals surface area contributed by atoms with Crippen molar-refractivity contribution in [3.8, 4) is 5.69 Å². The fourth-order valence-electron chi connectivity index (χ4n) is 4.31. The number of pyridine rings is 1. The van der Waals surface area contributed by atoms with Crippen LogP contribution in [0.1, 0.15) is 23.5 Å². The summed E-state index contributed by atoms with van der Waals surface area (Å²) in [5.41, 5.74) is 3.82. The molecule has 35 heavy (non-hydrogen) atoms. The highest BCUT2D eigenvalue weighted by molar-refractivity contribution is 7.92. The Kier molecular flexibility index (Phi) is 6.00. The van der Waals surface area contributed by atoms with E-state index in [1.807, 2.05) is 58.1 Å². The number of hydrogen-bond acceptors (Lipinski definition) is 4. The predicted octanol–water partition coefficient (Wildman–Crippen LogP) is 4.56. The van der Waals surface area contributed by atoms with Crippen LogP contribution in [-0.4, -0.2) is 29.3 Å². The van der Waals surface area contributed by atoms with Crippen molar-refractivity contribution in [3.63, 3.8) is 0 Å². The van der Waals surface area contributed by atoms with Crippen molar-refractivity contribution in [2.24, 2.45) is 0 Å². The molecule has 1 fully saturated rings. The Hall–Kier alpha value is -3.76. The van der Waals surface area contributed by atoms with Crippen molar-refractivity contribution in [2.45, 2.75) is 12.1 Å². The average molecular weight is 508 g/mol. The van der Waals surface area contributed by atoms with Crippen LogP contribution in [0.15, 0.2) is 91.3 Å². The first-order chi connectivity index (χ1) is 16.8. The van der Waals surface area contributed by atoms with Gasteiger partial charge in [0.1, 0.15) is 11.9 Å². The van der Waals surface area contributed by atoms with Crippen LogP contribution >= 0.6 is 12.2 Å². The van der Waals surface area contributed by atoms with Gasteiger partial charge >= 0.3 is 0 Å². The molecule has 5 rings (SSSR count). The van der Waals surface area contributed by atoms with E-state index in [-0.39, 0.29) is 17.9 Å². The molecular weight excluding hydrogens is 485 g/mol.